The molecule has 0 unspecified atom stereocenters. The lowest BCUT2D eigenvalue weighted by Gasteiger charge is -2.27. The summed E-state index contributed by atoms with van der Waals surface area (Å²) >= 11 is 0. The van der Waals surface area contributed by atoms with Crippen molar-refractivity contribution in [2.75, 3.05) is 6.54 Å². The molecule has 0 bridgehead atoms. The number of halogens is 1. The smallest absolute Gasteiger partial charge is 0.152 e. The molecule has 1 saturated heterocycles. The van der Waals surface area contributed by atoms with Gasteiger partial charge in [-0.05, 0) is 13.8 Å². The average Bonchev–Trinajstić information content (AvgIpc) is 2.45. The Morgan fingerprint density at radius 1 is 1.36 bits per heavy atom. The van der Waals surface area contributed by atoms with Gasteiger partial charge in [-0.1, -0.05) is 13.8 Å². The van der Waals surface area contributed by atoms with E-state index in [0.29, 0.717) is 13.0 Å². The largest absolute Gasteiger partial charge is 0.298 e. The summed E-state index contributed by atoms with van der Waals surface area (Å²) in [4.78, 5) is 13.8. The van der Waals surface area contributed by atoms with Crippen LogP contribution in [0, 0.1) is 5.92 Å². The van der Waals surface area contributed by atoms with Crippen LogP contribution < -0.4 is 0 Å². The normalized spacial score (nSPS) is 29.1. The molecule has 82 valence electrons. The first-order valence-corrected chi connectivity index (χ1v) is 5.37. The molecule has 0 amide bonds. The summed E-state index contributed by atoms with van der Waals surface area (Å²) in [6.07, 6.45) is -0.444. The van der Waals surface area contributed by atoms with E-state index < -0.39 is 6.17 Å². The molecule has 0 aliphatic carbocycles. The maximum absolute atomic E-state index is 13.2. The molecule has 1 heterocycles. The van der Waals surface area contributed by atoms with Crippen molar-refractivity contribution in [3.63, 3.8) is 0 Å². The minimum absolute atomic E-state index is 0.00606. The summed E-state index contributed by atoms with van der Waals surface area (Å²) < 4.78 is 13.2. The van der Waals surface area contributed by atoms with Gasteiger partial charge < -0.3 is 0 Å². The summed E-state index contributed by atoms with van der Waals surface area (Å²) in [6, 6.07) is 0.0634. The number of hydrogen-bond acceptors (Lipinski definition) is 2. The predicted octanol–water partition coefficient (Wildman–Crippen LogP) is 2.03. The van der Waals surface area contributed by atoms with Crippen molar-refractivity contribution in [3.8, 4) is 0 Å². The Balaban J connectivity index is 2.71. The second-order valence-corrected chi connectivity index (χ2v) is 4.70. The number of likely N-dealkylation sites (tertiary alicyclic amines) is 1. The summed E-state index contributed by atoms with van der Waals surface area (Å²) in [5, 5.41) is 0. The molecule has 1 fully saturated rings. The van der Waals surface area contributed by atoms with Crippen LogP contribution in [0.4, 0.5) is 4.39 Å². The lowest BCUT2D eigenvalue weighted by atomic mass is 9.99. The maximum Gasteiger partial charge on any atom is 0.152 e. The zero-order valence-electron chi connectivity index (χ0n) is 9.46. The third-order valence-electron chi connectivity index (χ3n) is 2.85. The van der Waals surface area contributed by atoms with Crippen molar-refractivity contribution in [2.24, 2.45) is 5.92 Å². The van der Waals surface area contributed by atoms with Gasteiger partial charge in [0, 0.05) is 24.9 Å². The maximum atomic E-state index is 13.2. The molecule has 0 radical (unpaired) electrons. The van der Waals surface area contributed by atoms with Crippen molar-refractivity contribution in [1.82, 2.24) is 4.90 Å². The minimum Gasteiger partial charge on any atom is -0.298 e. The molecular weight excluding hydrogens is 181 g/mol. The number of ketones is 1. The molecule has 1 rings (SSSR count). The van der Waals surface area contributed by atoms with Gasteiger partial charge in [0.15, 0.2) is 5.78 Å². The number of alkyl halides is 1. The lowest BCUT2D eigenvalue weighted by Crippen LogP contribution is -2.42. The van der Waals surface area contributed by atoms with Crippen LogP contribution in [-0.4, -0.2) is 35.5 Å². The summed E-state index contributed by atoms with van der Waals surface area (Å²) in [5.74, 6) is 0.186. The molecule has 2 atom stereocenters. The Labute approximate surface area is 85.5 Å². The third-order valence-corrected chi connectivity index (χ3v) is 2.85. The van der Waals surface area contributed by atoms with Crippen molar-refractivity contribution in [3.05, 3.63) is 0 Å². The number of carbonyl (C=O) groups is 1. The number of carbonyl (C=O) groups excluding carboxylic acids is 1. The van der Waals surface area contributed by atoms with E-state index >= 15 is 0 Å². The van der Waals surface area contributed by atoms with E-state index in [1.165, 1.54) is 0 Å². The first-order chi connectivity index (χ1) is 6.43. The Hall–Kier alpha value is -0.440. The highest BCUT2D eigenvalue weighted by Crippen LogP contribution is 2.25. The quantitative estimate of drug-likeness (QED) is 0.696. The van der Waals surface area contributed by atoms with E-state index in [0.717, 1.165) is 0 Å². The molecule has 1 aliphatic rings. The number of nitrogens with zero attached hydrogens (tertiary/aromatic N) is 1. The van der Waals surface area contributed by atoms with E-state index in [1.807, 2.05) is 32.6 Å². The van der Waals surface area contributed by atoms with Gasteiger partial charge in [-0.3, -0.25) is 9.69 Å². The predicted molar refractivity (Wildman–Crippen MR) is 55.0 cm³/mol. The van der Waals surface area contributed by atoms with Gasteiger partial charge in [-0.25, -0.2) is 4.39 Å². The number of rotatable bonds is 3. The number of Topliss-reactive ketones (excluding diaryl/α,β-unsaturated/α-hetero) is 1. The SMILES string of the molecule is CC(C)C(=O)[C@@H]1C[C@H](F)CN1C(C)C. The zero-order valence-corrected chi connectivity index (χ0v) is 9.46. The standard InChI is InChI=1S/C11H20FNO/c1-7(2)11(14)10-5-9(12)6-13(10)8(3)4/h7-10H,5-6H2,1-4H3/t9-,10-/m0/s1. The third kappa shape index (κ3) is 2.32. The van der Waals surface area contributed by atoms with Gasteiger partial charge in [0.2, 0.25) is 0 Å². The second-order valence-electron chi connectivity index (χ2n) is 4.70. The summed E-state index contributed by atoms with van der Waals surface area (Å²) in [5.41, 5.74) is 0. The van der Waals surface area contributed by atoms with Crippen molar-refractivity contribution in [2.45, 2.75) is 52.4 Å². The fourth-order valence-electron chi connectivity index (χ4n) is 2.04. The monoisotopic (exact) mass is 201 g/mol. The Morgan fingerprint density at radius 2 is 1.93 bits per heavy atom. The summed E-state index contributed by atoms with van der Waals surface area (Å²) in [6.45, 7) is 8.21. The molecule has 2 nitrogen and oxygen atoms in total. The molecule has 0 saturated carbocycles. The van der Waals surface area contributed by atoms with Crippen molar-refractivity contribution >= 4 is 5.78 Å². The average molecular weight is 201 g/mol. The Bertz CT molecular complexity index is 215. The van der Waals surface area contributed by atoms with Crippen LogP contribution in [0.25, 0.3) is 0 Å². The van der Waals surface area contributed by atoms with Gasteiger partial charge in [0.05, 0.1) is 6.04 Å². The molecule has 14 heavy (non-hydrogen) atoms. The van der Waals surface area contributed by atoms with E-state index in [4.69, 9.17) is 0 Å². The van der Waals surface area contributed by atoms with E-state index in [9.17, 15) is 9.18 Å². The number of hydrogen-bond donors (Lipinski definition) is 0. The molecule has 3 heteroatoms. The van der Waals surface area contributed by atoms with Gasteiger partial charge in [0.25, 0.3) is 0 Å². The molecule has 0 N–H and O–H groups in total. The van der Waals surface area contributed by atoms with Crippen molar-refractivity contribution < 1.29 is 9.18 Å². The Morgan fingerprint density at radius 3 is 2.36 bits per heavy atom. The molecular formula is C11H20FNO. The lowest BCUT2D eigenvalue weighted by molar-refractivity contribution is -0.126. The van der Waals surface area contributed by atoms with Crippen LogP contribution in [0.3, 0.4) is 0 Å². The fraction of sp³-hybridized carbons (Fsp3) is 0.909. The first-order valence-electron chi connectivity index (χ1n) is 5.37. The van der Waals surface area contributed by atoms with Crippen LogP contribution >= 0.6 is 0 Å². The topological polar surface area (TPSA) is 20.3 Å². The molecule has 0 aromatic heterocycles. The fourth-order valence-corrected chi connectivity index (χ4v) is 2.04. The molecule has 1 aliphatic heterocycles. The van der Waals surface area contributed by atoms with Crippen LogP contribution in [-0.2, 0) is 4.79 Å². The highest BCUT2D eigenvalue weighted by molar-refractivity contribution is 5.86. The van der Waals surface area contributed by atoms with Gasteiger partial charge in [0.1, 0.15) is 6.17 Å². The second kappa shape index (κ2) is 4.39. The molecule has 0 aromatic carbocycles. The molecule has 0 aromatic rings. The minimum atomic E-state index is -0.829. The van der Waals surface area contributed by atoms with Gasteiger partial charge in [-0.15, -0.1) is 0 Å². The van der Waals surface area contributed by atoms with Crippen LogP contribution in [0.5, 0.6) is 0 Å². The Kier molecular flexibility index (Phi) is 3.65. The summed E-state index contributed by atoms with van der Waals surface area (Å²) in [7, 11) is 0. The van der Waals surface area contributed by atoms with Crippen molar-refractivity contribution in [1.29, 1.82) is 0 Å². The van der Waals surface area contributed by atoms with E-state index in [2.05, 4.69) is 0 Å². The van der Waals surface area contributed by atoms with Crippen LogP contribution in [0.15, 0.2) is 0 Å². The van der Waals surface area contributed by atoms with E-state index in [1.54, 1.807) is 0 Å². The zero-order chi connectivity index (χ0) is 10.9. The van der Waals surface area contributed by atoms with Crippen LogP contribution in [0.2, 0.25) is 0 Å². The highest BCUT2D eigenvalue weighted by atomic mass is 19.1. The van der Waals surface area contributed by atoms with Gasteiger partial charge in [-0.2, -0.15) is 0 Å². The highest BCUT2D eigenvalue weighted by Gasteiger charge is 2.38. The van der Waals surface area contributed by atoms with E-state index in [-0.39, 0.29) is 23.8 Å². The molecule has 0 spiro atoms. The first kappa shape index (κ1) is 11.6. The van der Waals surface area contributed by atoms with Gasteiger partial charge >= 0.3 is 0 Å². The van der Waals surface area contributed by atoms with Crippen LogP contribution in [0.1, 0.15) is 34.1 Å².